The number of hydrogen-bond acceptors (Lipinski definition) is 3. The van der Waals surface area contributed by atoms with Crippen LogP contribution in [0.2, 0.25) is 0 Å². The molecule has 0 aliphatic carbocycles. The molecule has 1 aromatic rings. The van der Waals surface area contributed by atoms with Gasteiger partial charge in [-0.25, -0.2) is 0 Å². The number of rotatable bonds is 2. The van der Waals surface area contributed by atoms with Crippen LogP contribution < -0.4 is 5.73 Å². The molecule has 3 rings (SSSR count). The van der Waals surface area contributed by atoms with Crippen LogP contribution in [0.5, 0.6) is 0 Å². The first-order chi connectivity index (χ1) is 9.28. The van der Waals surface area contributed by atoms with Crippen molar-refractivity contribution >= 4 is 0 Å². The van der Waals surface area contributed by atoms with Crippen molar-refractivity contribution in [2.45, 2.75) is 38.4 Å². The van der Waals surface area contributed by atoms with E-state index in [-0.39, 0.29) is 0 Å². The molecule has 1 fully saturated rings. The highest BCUT2D eigenvalue weighted by atomic mass is 15.2. The summed E-state index contributed by atoms with van der Waals surface area (Å²) in [5.74, 6) is 0. The topological polar surface area (TPSA) is 32.5 Å². The molecule has 1 aromatic carbocycles. The van der Waals surface area contributed by atoms with Crippen LogP contribution in [0.3, 0.4) is 0 Å². The number of piperidine rings is 1. The maximum absolute atomic E-state index is 5.85. The summed E-state index contributed by atoms with van der Waals surface area (Å²) in [5.41, 5.74) is 10.2. The van der Waals surface area contributed by atoms with Crippen LogP contribution in [0.25, 0.3) is 0 Å². The number of likely N-dealkylation sites (tertiary alicyclic amines) is 1. The van der Waals surface area contributed by atoms with E-state index in [1.54, 1.807) is 0 Å². The Labute approximate surface area is 116 Å². The summed E-state index contributed by atoms with van der Waals surface area (Å²) < 4.78 is 0. The van der Waals surface area contributed by atoms with Gasteiger partial charge in [-0.05, 0) is 56.1 Å². The van der Waals surface area contributed by atoms with Gasteiger partial charge in [0.25, 0.3) is 0 Å². The van der Waals surface area contributed by atoms with Gasteiger partial charge >= 0.3 is 0 Å². The molecule has 2 heterocycles. The molecular formula is C16H25N3. The van der Waals surface area contributed by atoms with Crippen molar-refractivity contribution in [3.05, 3.63) is 34.9 Å². The normalized spacial score (nSPS) is 22.4. The summed E-state index contributed by atoms with van der Waals surface area (Å²) in [5, 5.41) is 0. The highest BCUT2D eigenvalue weighted by Crippen LogP contribution is 2.26. The first-order valence-electron chi connectivity index (χ1n) is 7.50. The predicted molar refractivity (Wildman–Crippen MR) is 79.0 cm³/mol. The van der Waals surface area contributed by atoms with Crippen molar-refractivity contribution in [3.63, 3.8) is 0 Å². The largest absolute Gasteiger partial charge is 0.326 e. The molecule has 0 unspecified atom stereocenters. The second kappa shape index (κ2) is 5.61. The highest BCUT2D eigenvalue weighted by Gasteiger charge is 2.26. The standard InChI is InChI=1S/C16H25N3/c1-18-8-5-15(6-9-18)19-10-7-16-13(11-17)3-2-4-14(16)12-19/h2-4,15H,5-12,17H2,1H3. The minimum Gasteiger partial charge on any atom is -0.326 e. The summed E-state index contributed by atoms with van der Waals surface area (Å²) in [7, 11) is 2.23. The van der Waals surface area contributed by atoms with Gasteiger partial charge in [0, 0.05) is 25.7 Å². The van der Waals surface area contributed by atoms with Gasteiger partial charge in [0.05, 0.1) is 0 Å². The van der Waals surface area contributed by atoms with Gasteiger partial charge in [-0.15, -0.1) is 0 Å². The Balaban J connectivity index is 1.72. The van der Waals surface area contributed by atoms with Crippen molar-refractivity contribution < 1.29 is 0 Å². The van der Waals surface area contributed by atoms with Crippen molar-refractivity contribution in [2.24, 2.45) is 5.73 Å². The molecule has 0 saturated carbocycles. The Kier molecular flexibility index (Phi) is 3.87. The third-order valence-corrected chi connectivity index (χ3v) is 4.82. The predicted octanol–water partition coefficient (Wildman–Crippen LogP) is 1.60. The van der Waals surface area contributed by atoms with E-state index in [0.29, 0.717) is 6.54 Å². The van der Waals surface area contributed by atoms with Gasteiger partial charge in [-0.1, -0.05) is 18.2 Å². The van der Waals surface area contributed by atoms with Crippen LogP contribution in [0, 0.1) is 0 Å². The Morgan fingerprint density at radius 2 is 2.00 bits per heavy atom. The number of nitrogens with two attached hydrogens (primary N) is 1. The van der Waals surface area contributed by atoms with Crippen LogP contribution in [-0.4, -0.2) is 42.5 Å². The van der Waals surface area contributed by atoms with E-state index < -0.39 is 0 Å². The Bertz CT molecular complexity index is 436. The van der Waals surface area contributed by atoms with Crippen LogP contribution in [0.4, 0.5) is 0 Å². The molecule has 0 aromatic heterocycles. The zero-order valence-electron chi connectivity index (χ0n) is 11.9. The quantitative estimate of drug-likeness (QED) is 0.875. The maximum atomic E-state index is 5.85. The van der Waals surface area contributed by atoms with E-state index in [0.717, 1.165) is 12.6 Å². The number of nitrogens with zero attached hydrogens (tertiary/aromatic N) is 2. The lowest BCUT2D eigenvalue weighted by atomic mass is 9.92. The lowest BCUT2D eigenvalue weighted by Crippen LogP contribution is -2.45. The lowest BCUT2D eigenvalue weighted by molar-refractivity contribution is 0.109. The van der Waals surface area contributed by atoms with Crippen LogP contribution >= 0.6 is 0 Å². The first-order valence-corrected chi connectivity index (χ1v) is 7.50. The molecule has 0 bridgehead atoms. The molecule has 2 N–H and O–H groups in total. The Morgan fingerprint density at radius 1 is 1.21 bits per heavy atom. The average molecular weight is 259 g/mol. The average Bonchev–Trinajstić information content (AvgIpc) is 2.47. The summed E-state index contributed by atoms with van der Waals surface area (Å²) in [6, 6.07) is 7.42. The fourth-order valence-corrected chi connectivity index (χ4v) is 3.57. The third-order valence-electron chi connectivity index (χ3n) is 4.82. The summed E-state index contributed by atoms with van der Waals surface area (Å²) in [4.78, 5) is 5.14. The number of hydrogen-bond donors (Lipinski definition) is 1. The summed E-state index contributed by atoms with van der Waals surface area (Å²) in [6.07, 6.45) is 3.82. The molecule has 2 aliphatic rings. The second-order valence-electron chi connectivity index (χ2n) is 6.01. The monoisotopic (exact) mass is 259 g/mol. The van der Waals surface area contributed by atoms with Gasteiger partial charge in [-0.2, -0.15) is 0 Å². The fourth-order valence-electron chi connectivity index (χ4n) is 3.57. The van der Waals surface area contributed by atoms with Crippen LogP contribution in [0.15, 0.2) is 18.2 Å². The zero-order valence-corrected chi connectivity index (χ0v) is 11.9. The van der Waals surface area contributed by atoms with Gasteiger partial charge in [0.15, 0.2) is 0 Å². The molecule has 1 saturated heterocycles. The van der Waals surface area contributed by atoms with E-state index in [4.69, 9.17) is 5.73 Å². The molecule has 3 heteroatoms. The van der Waals surface area contributed by atoms with Crippen molar-refractivity contribution in [1.29, 1.82) is 0 Å². The van der Waals surface area contributed by atoms with E-state index in [9.17, 15) is 0 Å². The SMILES string of the molecule is CN1CCC(N2CCc3c(CN)cccc3C2)CC1. The Hall–Kier alpha value is -0.900. The minimum absolute atomic E-state index is 0.678. The van der Waals surface area contributed by atoms with Gasteiger partial charge in [0.1, 0.15) is 0 Å². The Morgan fingerprint density at radius 3 is 2.74 bits per heavy atom. The smallest absolute Gasteiger partial charge is 0.0239 e. The zero-order chi connectivity index (χ0) is 13.2. The van der Waals surface area contributed by atoms with Gasteiger partial charge < -0.3 is 10.6 Å². The third kappa shape index (κ3) is 2.69. The molecule has 19 heavy (non-hydrogen) atoms. The molecule has 2 aliphatic heterocycles. The second-order valence-corrected chi connectivity index (χ2v) is 6.01. The molecule has 104 valence electrons. The van der Waals surface area contributed by atoms with E-state index in [1.165, 1.54) is 55.6 Å². The number of fused-ring (bicyclic) bond motifs is 1. The summed E-state index contributed by atoms with van der Waals surface area (Å²) >= 11 is 0. The van der Waals surface area contributed by atoms with E-state index in [1.807, 2.05) is 0 Å². The van der Waals surface area contributed by atoms with E-state index in [2.05, 4.69) is 35.0 Å². The van der Waals surface area contributed by atoms with Crippen molar-refractivity contribution in [1.82, 2.24) is 9.80 Å². The number of benzene rings is 1. The van der Waals surface area contributed by atoms with E-state index >= 15 is 0 Å². The molecule has 0 atom stereocenters. The van der Waals surface area contributed by atoms with Gasteiger partial charge in [0.2, 0.25) is 0 Å². The van der Waals surface area contributed by atoms with Crippen molar-refractivity contribution in [2.75, 3.05) is 26.7 Å². The molecule has 0 radical (unpaired) electrons. The lowest BCUT2D eigenvalue weighted by Gasteiger charge is -2.40. The fraction of sp³-hybridized carbons (Fsp3) is 0.625. The minimum atomic E-state index is 0.678. The highest BCUT2D eigenvalue weighted by molar-refractivity contribution is 5.37. The van der Waals surface area contributed by atoms with Crippen LogP contribution in [-0.2, 0) is 19.5 Å². The molecular weight excluding hydrogens is 234 g/mol. The van der Waals surface area contributed by atoms with Gasteiger partial charge in [-0.3, -0.25) is 4.90 Å². The molecule has 0 amide bonds. The molecule has 3 nitrogen and oxygen atoms in total. The molecule has 0 spiro atoms. The summed E-state index contributed by atoms with van der Waals surface area (Å²) in [6.45, 7) is 5.50. The van der Waals surface area contributed by atoms with Crippen molar-refractivity contribution in [3.8, 4) is 0 Å². The maximum Gasteiger partial charge on any atom is 0.0239 e. The van der Waals surface area contributed by atoms with Crippen LogP contribution in [0.1, 0.15) is 29.5 Å². The first kappa shape index (κ1) is 13.1.